The van der Waals surface area contributed by atoms with E-state index in [0.29, 0.717) is 0 Å². The van der Waals surface area contributed by atoms with Crippen LogP contribution in [0, 0.1) is 13.8 Å². The number of rotatable bonds is 2. The third kappa shape index (κ3) is 3.37. The van der Waals surface area contributed by atoms with Crippen molar-refractivity contribution in [1.29, 1.82) is 0 Å². The standard InChI is InChI=1S/C40H31N3S/c1-24-16-18-32-29-12-6-8-15-35(29)44-39(32)36(24)34-21-17-26-10-9-13-31(38(26)42(34)4)27-19-20-30-28-11-5-7-14-33(28)43-23-22-41(3)40(43)37(30)25(27)2/h5-23H,1-4H3/q+2. The Labute approximate surface area is 259 Å². The number of aryl methyl sites for hydroxylation is 4. The molecule has 9 rings (SSSR count). The van der Waals surface area contributed by atoms with E-state index in [9.17, 15) is 0 Å². The molecule has 0 aliphatic carbocycles. The Morgan fingerprint density at radius 3 is 2.34 bits per heavy atom. The van der Waals surface area contributed by atoms with Gasteiger partial charge < -0.3 is 0 Å². The minimum absolute atomic E-state index is 1.22. The Morgan fingerprint density at radius 2 is 1.45 bits per heavy atom. The van der Waals surface area contributed by atoms with Crippen LogP contribution in [0.2, 0.25) is 0 Å². The first-order valence-corrected chi connectivity index (χ1v) is 16.0. The number of fused-ring (bicyclic) bond motifs is 10. The van der Waals surface area contributed by atoms with Gasteiger partial charge in [0.15, 0.2) is 0 Å². The number of hydrogen-bond acceptors (Lipinski definition) is 1. The average molecular weight is 586 g/mol. The van der Waals surface area contributed by atoms with Crippen molar-refractivity contribution in [3.63, 3.8) is 0 Å². The number of imidazole rings is 1. The van der Waals surface area contributed by atoms with Gasteiger partial charge in [0.2, 0.25) is 11.2 Å². The number of hydrogen-bond donors (Lipinski definition) is 0. The lowest BCUT2D eigenvalue weighted by molar-refractivity contribution is -0.643. The van der Waals surface area contributed by atoms with E-state index in [2.05, 4.69) is 157 Å². The zero-order valence-electron chi connectivity index (χ0n) is 25.2. The zero-order valence-corrected chi connectivity index (χ0v) is 26.0. The molecule has 4 aromatic heterocycles. The second kappa shape index (κ2) is 9.22. The minimum Gasteiger partial charge on any atom is -0.232 e. The van der Waals surface area contributed by atoms with E-state index >= 15 is 0 Å². The molecule has 4 heteroatoms. The summed E-state index contributed by atoms with van der Waals surface area (Å²) in [6.07, 6.45) is 4.35. The van der Waals surface area contributed by atoms with Gasteiger partial charge in [0.1, 0.15) is 25.0 Å². The van der Waals surface area contributed by atoms with Crippen LogP contribution in [0.25, 0.3) is 80.8 Å². The molecular weight excluding hydrogens is 555 g/mol. The predicted octanol–water partition coefficient (Wildman–Crippen LogP) is 9.37. The van der Waals surface area contributed by atoms with E-state index < -0.39 is 0 Å². The van der Waals surface area contributed by atoms with Crippen molar-refractivity contribution in [2.24, 2.45) is 14.1 Å². The van der Waals surface area contributed by atoms with Gasteiger partial charge in [0, 0.05) is 42.4 Å². The lowest BCUT2D eigenvalue weighted by atomic mass is 9.92. The Kier molecular flexibility index (Phi) is 5.33. The quantitative estimate of drug-likeness (QED) is 0.142. The molecule has 4 heterocycles. The van der Waals surface area contributed by atoms with Crippen LogP contribution in [-0.2, 0) is 14.1 Å². The molecule has 9 aromatic rings. The first-order valence-electron chi connectivity index (χ1n) is 15.2. The van der Waals surface area contributed by atoms with Crippen molar-refractivity contribution in [3.8, 4) is 22.4 Å². The van der Waals surface area contributed by atoms with Crippen LogP contribution >= 0.6 is 11.3 Å². The molecule has 0 radical (unpaired) electrons. The molecule has 44 heavy (non-hydrogen) atoms. The van der Waals surface area contributed by atoms with Crippen molar-refractivity contribution in [2.45, 2.75) is 13.8 Å². The molecule has 0 bridgehead atoms. The second-order valence-electron chi connectivity index (χ2n) is 12.0. The molecule has 0 atom stereocenters. The van der Waals surface area contributed by atoms with Crippen LogP contribution in [0.3, 0.4) is 0 Å². The van der Waals surface area contributed by atoms with Crippen molar-refractivity contribution in [1.82, 2.24) is 4.40 Å². The second-order valence-corrected chi connectivity index (χ2v) is 13.1. The summed E-state index contributed by atoms with van der Waals surface area (Å²) in [5, 5.41) is 7.78. The van der Waals surface area contributed by atoms with E-state index in [1.165, 1.54) is 91.9 Å². The maximum Gasteiger partial charge on any atom is 0.294 e. The fourth-order valence-corrected chi connectivity index (χ4v) is 8.85. The average Bonchev–Trinajstić information content (AvgIpc) is 3.62. The molecule has 0 N–H and O–H groups in total. The molecule has 0 saturated heterocycles. The van der Waals surface area contributed by atoms with Gasteiger partial charge in [-0.05, 0) is 60.9 Å². The van der Waals surface area contributed by atoms with E-state index in [1.54, 1.807) is 0 Å². The summed E-state index contributed by atoms with van der Waals surface area (Å²) in [6, 6.07) is 38.1. The summed E-state index contributed by atoms with van der Waals surface area (Å²) in [7, 11) is 4.39. The maximum absolute atomic E-state index is 2.42. The number of thiophene rings is 1. The Bertz CT molecular complexity index is 2660. The van der Waals surface area contributed by atoms with E-state index in [-0.39, 0.29) is 0 Å². The molecular formula is C40H31N3S+2. The van der Waals surface area contributed by atoms with Gasteiger partial charge in [0.05, 0.1) is 23.6 Å². The lowest BCUT2D eigenvalue weighted by Crippen LogP contribution is -2.32. The summed E-state index contributed by atoms with van der Waals surface area (Å²) in [4.78, 5) is 0. The Morgan fingerprint density at radius 1 is 0.659 bits per heavy atom. The Hall–Kier alpha value is -5.06. The highest BCUT2D eigenvalue weighted by molar-refractivity contribution is 7.26. The molecule has 3 nitrogen and oxygen atoms in total. The molecule has 0 spiro atoms. The summed E-state index contributed by atoms with van der Waals surface area (Å²) in [5.74, 6) is 0. The molecule has 0 amide bonds. The lowest BCUT2D eigenvalue weighted by Gasteiger charge is -2.14. The number of nitrogens with zero attached hydrogens (tertiary/aromatic N) is 3. The smallest absolute Gasteiger partial charge is 0.232 e. The molecule has 5 aromatic carbocycles. The van der Waals surface area contributed by atoms with Crippen molar-refractivity contribution in [2.75, 3.05) is 0 Å². The summed E-state index contributed by atoms with van der Waals surface area (Å²) < 4.78 is 9.71. The van der Waals surface area contributed by atoms with Gasteiger partial charge in [-0.15, -0.1) is 11.3 Å². The molecule has 0 saturated carbocycles. The monoisotopic (exact) mass is 585 g/mol. The Balaban J connectivity index is 1.36. The third-order valence-corrected chi connectivity index (χ3v) is 10.8. The minimum atomic E-state index is 1.22. The molecule has 0 aliphatic heterocycles. The van der Waals surface area contributed by atoms with Crippen molar-refractivity contribution in [3.05, 3.63) is 127 Å². The van der Waals surface area contributed by atoms with Gasteiger partial charge in [0.25, 0.3) is 5.65 Å². The maximum atomic E-state index is 2.42. The van der Waals surface area contributed by atoms with Crippen LogP contribution in [-0.4, -0.2) is 4.40 Å². The van der Waals surface area contributed by atoms with Gasteiger partial charge in [-0.2, -0.15) is 8.97 Å². The van der Waals surface area contributed by atoms with Crippen molar-refractivity contribution >= 4 is 69.7 Å². The molecule has 0 unspecified atom stereocenters. The fraction of sp³-hybridized carbons (Fsp3) is 0.100. The SMILES string of the molecule is Cc1ccc2c(sc3ccccc32)c1-c1ccc2cccc(-c3ccc4c5ccccc5n5cc[n+](C)c5c4c3C)c2[n+]1C. The van der Waals surface area contributed by atoms with E-state index in [0.717, 1.165) is 0 Å². The van der Waals surface area contributed by atoms with Crippen LogP contribution < -0.4 is 9.13 Å². The first-order chi connectivity index (χ1) is 21.5. The largest absolute Gasteiger partial charge is 0.294 e. The predicted molar refractivity (Wildman–Crippen MR) is 186 cm³/mol. The summed E-state index contributed by atoms with van der Waals surface area (Å²) >= 11 is 1.90. The zero-order chi connectivity index (χ0) is 29.7. The van der Waals surface area contributed by atoms with E-state index in [1.807, 2.05) is 11.3 Å². The van der Waals surface area contributed by atoms with Crippen molar-refractivity contribution < 1.29 is 9.13 Å². The summed E-state index contributed by atoms with van der Waals surface area (Å²) in [5.41, 5.74) is 11.4. The van der Waals surface area contributed by atoms with Gasteiger partial charge in [-0.1, -0.05) is 66.7 Å². The van der Waals surface area contributed by atoms with Gasteiger partial charge in [-0.25, -0.2) is 4.57 Å². The number of para-hydroxylation sites is 2. The highest BCUT2D eigenvalue weighted by atomic mass is 32.1. The highest BCUT2D eigenvalue weighted by Gasteiger charge is 2.25. The topological polar surface area (TPSA) is 12.2 Å². The first kappa shape index (κ1) is 25.4. The van der Waals surface area contributed by atoms with Crippen LogP contribution in [0.5, 0.6) is 0 Å². The highest BCUT2D eigenvalue weighted by Crippen LogP contribution is 2.42. The summed E-state index contributed by atoms with van der Waals surface area (Å²) in [6.45, 7) is 4.54. The number of pyridine rings is 2. The van der Waals surface area contributed by atoms with Gasteiger partial charge >= 0.3 is 0 Å². The third-order valence-electron chi connectivity index (χ3n) is 9.63. The molecule has 0 fully saturated rings. The van der Waals surface area contributed by atoms with E-state index in [4.69, 9.17) is 0 Å². The number of benzene rings is 5. The normalized spacial score (nSPS) is 12.1. The van der Waals surface area contributed by atoms with Crippen LogP contribution in [0.1, 0.15) is 11.1 Å². The molecule has 210 valence electrons. The van der Waals surface area contributed by atoms with Gasteiger partial charge in [-0.3, -0.25) is 0 Å². The number of aromatic nitrogens is 3. The molecule has 0 aliphatic rings. The van der Waals surface area contributed by atoms with Crippen LogP contribution in [0.15, 0.2) is 116 Å². The fourth-order valence-electron chi connectivity index (χ4n) is 7.54. The van der Waals surface area contributed by atoms with Crippen LogP contribution in [0.4, 0.5) is 0 Å².